The molecule has 0 aliphatic carbocycles. The van der Waals surface area contributed by atoms with E-state index in [1.807, 2.05) is 6.92 Å². The maximum atomic E-state index is 5.28. The Kier molecular flexibility index (Phi) is 2.30. The third kappa shape index (κ3) is 1.86. The van der Waals surface area contributed by atoms with Crippen molar-refractivity contribution in [2.24, 2.45) is 5.41 Å². The van der Waals surface area contributed by atoms with Gasteiger partial charge in [0.1, 0.15) is 0 Å². The minimum Gasteiger partial charge on any atom is -0.380 e. The van der Waals surface area contributed by atoms with Gasteiger partial charge in [-0.2, -0.15) is 0 Å². The van der Waals surface area contributed by atoms with Gasteiger partial charge >= 0.3 is 0 Å². The van der Waals surface area contributed by atoms with Crippen molar-refractivity contribution in [1.29, 1.82) is 0 Å². The number of hydrogen-bond acceptors (Lipinski definition) is 3. The first-order valence-corrected chi connectivity index (χ1v) is 4.95. The first kappa shape index (κ1) is 9.03. The zero-order valence-corrected chi connectivity index (χ0v) is 8.31. The quantitative estimate of drug-likeness (QED) is 0.693. The molecule has 0 unspecified atom stereocenters. The number of nitrogens with one attached hydrogen (secondary N) is 1. The molecule has 74 valence electrons. The third-order valence-electron chi connectivity index (χ3n) is 2.99. The molecule has 3 heteroatoms. The van der Waals surface area contributed by atoms with Gasteiger partial charge in [-0.25, -0.2) is 5.01 Å². The van der Waals surface area contributed by atoms with Gasteiger partial charge in [-0.15, -0.1) is 0 Å². The molecule has 2 heterocycles. The first-order valence-electron chi connectivity index (χ1n) is 4.95. The standard InChI is InChI=1S/C10H18N2O/c1-9(2)11-12-5-3-10(4-6-12)7-13-8-10/h11H,1,3-8H2,2H3. The van der Waals surface area contributed by atoms with Crippen LogP contribution in [-0.2, 0) is 4.74 Å². The summed E-state index contributed by atoms with van der Waals surface area (Å²) in [6, 6.07) is 0. The van der Waals surface area contributed by atoms with Gasteiger partial charge in [-0.3, -0.25) is 0 Å². The van der Waals surface area contributed by atoms with E-state index in [-0.39, 0.29) is 0 Å². The van der Waals surface area contributed by atoms with Crippen LogP contribution < -0.4 is 5.43 Å². The van der Waals surface area contributed by atoms with E-state index in [4.69, 9.17) is 4.74 Å². The maximum absolute atomic E-state index is 5.28. The summed E-state index contributed by atoms with van der Waals surface area (Å²) in [6.07, 6.45) is 2.51. The lowest BCUT2D eigenvalue weighted by molar-refractivity contribution is -0.142. The molecule has 2 rings (SSSR count). The third-order valence-corrected chi connectivity index (χ3v) is 2.99. The summed E-state index contributed by atoms with van der Waals surface area (Å²) in [5.74, 6) is 0. The summed E-state index contributed by atoms with van der Waals surface area (Å²) >= 11 is 0. The van der Waals surface area contributed by atoms with E-state index in [2.05, 4.69) is 17.0 Å². The van der Waals surface area contributed by atoms with E-state index in [0.29, 0.717) is 5.41 Å². The topological polar surface area (TPSA) is 24.5 Å². The van der Waals surface area contributed by atoms with E-state index in [0.717, 1.165) is 32.0 Å². The van der Waals surface area contributed by atoms with E-state index in [1.54, 1.807) is 0 Å². The predicted molar refractivity (Wildman–Crippen MR) is 52.0 cm³/mol. The van der Waals surface area contributed by atoms with Gasteiger partial charge in [-0.05, 0) is 19.8 Å². The maximum Gasteiger partial charge on any atom is 0.0545 e. The molecule has 13 heavy (non-hydrogen) atoms. The van der Waals surface area contributed by atoms with Crippen molar-refractivity contribution in [3.05, 3.63) is 12.3 Å². The highest BCUT2D eigenvalue weighted by molar-refractivity contribution is 4.92. The second-order valence-electron chi connectivity index (χ2n) is 4.37. The molecule has 0 aromatic heterocycles. The Morgan fingerprint density at radius 2 is 2.00 bits per heavy atom. The molecule has 3 nitrogen and oxygen atoms in total. The van der Waals surface area contributed by atoms with Crippen molar-refractivity contribution in [3.63, 3.8) is 0 Å². The summed E-state index contributed by atoms with van der Waals surface area (Å²) in [6.45, 7) is 10.0. The zero-order chi connectivity index (χ0) is 9.31. The number of hydrazine groups is 1. The molecule has 0 atom stereocenters. The van der Waals surface area contributed by atoms with E-state index < -0.39 is 0 Å². The molecule has 1 spiro atoms. The number of rotatable bonds is 2. The minimum atomic E-state index is 0.535. The highest BCUT2D eigenvalue weighted by Gasteiger charge is 2.41. The van der Waals surface area contributed by atoms with Crippen LogP contribution in [0.15, 0.2) is 12.3 Å². The second kappa shape index (κ2) is 3.31. The van der Waals surface area contributed by atoms with Gasteiger partial charge in [0.2, 0.25) is 0 Å². The van der Waals surface area contributed by atoms with Crippen molar-refractivity contribution in [1.82, 2.24) is 10.4 Å². The fourth-order valence-electron chi connectivity index (χ4n) is 2.04. The van der Waals surface area contributed by atoms with E-state index in [9.17, 15) is 0 Å². The lowest BCUT2D eigenvalue weighted by atomic mass is 9.77. The summed E-state index contributed by atoms with van der Waals surface area (Å²) in [4.78, 5) is 0. The van der Waals surface area contributed by atoms with Crippen molar-refractivity contribution < 1.29 is 4.74 Å². The fourth-order valence-corrected chi connectivity index (χ4v) is 2.04. The molecule has 0 saturated carbocycles. The van der Waals surface area contributed by atoms with E-state index in [1.165, 1.54) is 12.8 Å². The molecule has 0 aromatic rings. The van der Waals surface area contributed by atoms with Gasteiger partial charge in [0, 0.05) is 24.2 Å². The van der Waals surface area contributed by atoms with Crippen molar-refractivity contribution >= 4 is 0 Å². The van der Waals surface area contributed by atoms with E-state index >= 15 is 0 Å². The minimum absolute atomic E-state index is 0.535. The SMILES string of the molecule is C=C(C)NN1CCC2(CC1)COC2. The molecular weight excluding hydrogens is 164 g/mol. The van der Waals surface area contributed by atoms with Crippen LogP contribution in [0.5, 0.6) is 0 Å². The Hall–Kier alpha value is -0.540. The lowest BCUT2D eigenvalue weighted by Gasteiger charge is -2.47. The summed E-state index contributed by atoms with van der Waals surface area (Å²) in [7, 11) is 0. The summed E-state index contributed by atoms with van der Waals surface area (Å²) < 4.78 is 5.28. The van der Waals surface area contributed by atoms with Crippen molar-refractivity contribution in [3.8, 4) is 0 Å². The molecule has 2 aliphatic rings. The molecule has 1 N–H and O–H groups in total. The molecule has 2 fully saturated rings. The van der Waals surface area contributed by atoms with Crippen LogP contribution in [0.4, 0.5) is 0 Å². The van der Waals surface area contributed by atoms with Crippen LogP contribution in [0.25, 0.3) is 0 Å². The predicted octanol–water partition coefficient (Wildman–Crippen LogP) is 1.14. The Morgan fingerprint density at radius 3 is 2.38 bits per heavy atom. The molecule has 2 saturated heterocycles. The van der Waals surface area contributed by atoms with Crippen molar-refractivity contribution in [2.75, 3.05) is 26.3 Å². The molecule has 0 bridgehead atoms. The van der Waals surface area contributed by atoms with Gasteiger partial charge < -0.3 is 10.2 Å². The number of hydrogen-bond donors (Lipinski definition) is 1. The number of piperidine rings is 1. The van der Waals surface area contributed by atoms with Crippen LogP contribution in [-0.4, -0.2) is 31.3 Å². The average molecular weight is 182 g/mol. The lowest BCUT2D eigenvalue weighted by Crippen LogP contribution is -2.53. The Labute approximate surface area is 79.7 Å². The van der Waals surface area contributed by atoms with Crippen LogP contribution in [0, 0.1) is 5.41 Å². The normalized spacial score (nSPS) is 26.8. The number of allylic oxidation sites excluding steroid dienone is 1. The number of nitrogens with zero attached hydrogens (tertiary/aromatic N) is 1. The first-order chi connectivity index (χ1) is 6.20. The highest BCUT2D eigenvalue weighted by atomic mass is 16.5. The van der Waals surface area contributed by atoms with Crippen LogP contribution in [0.3, 0.4) is 0 Å². The zero-order valence-electron chi connectivity index (χ0n) is 8.31. The van der Waals surface area contributed by atoms with Gasteiger partial charge in [0.05, 0.1) is 13.2 Å². The van der Waals surface area contributed by atoms with Crippen LogP contribution in [0.2, 0.25) is 0 Å². The Morgan fingerprint density at radius 1 is 1.38 bits per heavy atom. The van der Waals surface area contributed by atoms with Crippen LogP contribution >= 0.6 is 0 Å². The molecule has 0 radical (unpaired) electrons. The highest BCUT2D eigenvalue weighted by Crippen LogP contribution is 2.37. The summed E-state index contributed by atoms with van der Waals surface area (Å²) in [5, 5.41) is 2.26. The molecule has 2 aliphatic heterocycles. The largest absolute Gasteiger partial charge is 0.380 e. The van der Waals surface area contributed by atoms with Gasteiger partial charge in [-0.1, -0.05) is 6.58 Å². The summed E-state index contributed by atoms with van der Waals surface area (Å²) in [5.41, 5.74) is 4.83. The monoisotopic (exact) mass is 182 g/mol. The van der Waals surface area contributed by atoms with Crippen molar-refractivity contribution in [2.45, 2.75) is 19.8 Å². The van der Waals surface area contributed by atoms with Gasteiger partial charge in [0.15, 0.2) is 0 Å². The Bertz CT molecular complexity index is 201. The number of ether oxygens (including phenoxy) is 1. The Balaban J connectivity index is 1.79. The average Bonchev–Trinajstić information content (AvgIpc) is 2.02. The van der Waals surface area contributed by atoms with Crippen LogP contribution in [0.1, 0.15) is 19.8 Å². The second-order valence-corrected chi connectivity index (χ2v) is 4.37. The molecular formula is C10H18N2O. The fraction of sp³-hybridized carbons (Fsp3) is 0.800. The van der Waals surface area contributed by atoms with Gasteiger partial charge in [0.25, 0.3) is 0 Å². The smallest absolute Gasteiger partial charge is 0.0545 e. The molecule has 0 amide bonds. The molecule has 0 aromatic carbocycles.